The van der Waals surface area contributed by atoms with Gasteiger partial charge in [-0.05, 0) is 22.0 Å². The van der Waals surface area contributed by atoms with Gasteiger partial charge in [-0.2, -0.15) is 8.42 Å². The molecule has 0 fully saturated rings. The maximum atomic E-state index is 13.1. The van der Waals surface area contributed by atoms with E-state index in [-0.39, 0.29) is 5.69 Å². The number of pyridine rings is 1. The van der Waals surface area contributed by atoms with E-state index in [9.17, 15) is 12.8 Å². The minimum Gasteiger partial charge on any atom is -0.273 e. The highest BCUT2D eigenvalue weighted by atomic mass is 79.9. The topological polar surface area (TPSA) is 56.3 Å². The fraction of sp³-hybridized carbons (Fsp3) is 0.286. The van der Waals surface area contributed by atoms with Crippen LogP contribution in [-0.4, -0.2) is 20.5 Å². The Kier molecular flexibility index (Phi) is 3.57. The van der Waals surface area contributed by atoms with Crippen LogP contribution < -0.4 is 0 Å². The van der Waals surface area contributed by atoms with E-state index in [4.69, 9.17) is 0 Å². The van der Waals surface area contributed by atoms with Crippen molar-refractivity contribution >= 4 is 26.0 Å². The summed E-state index contributed by atoms with van der Waals surface area (Å²) in [6.07, 6.45) is 1.32. The lowest BCUT2D eigenvalue weighted by Gasteiger charge is -2.02. The van der Waals surface area contributed by atoms with Gasteiger partial charge in [0.1, 0.15) is 11.6 Å². The molecule has 0 aromatic carbocycles. The third-order valence-corrected chi connectivity index (χ3v) is 3.02. The minimum atomic E-state index is -3.73. The lowest BCUT2D eigenvalue weighted by molar-refractivity contribution is 0.395. The molecular formula is C7H7BrFNO3S. The fourth-order valence-corrected chi connectivity index (χ4v) is 1.74. The highest BCUT2D eigenvalue weighted by molar-refractivity contribution is 9.10. The number of hydrogen-bond acceptors (Lipinski definition) is 4. The molecule has 1 aromatic heterocycles. The molecule has 0 amide bonds. The van der Waals surface area contributed by atoms with Gasteiger partial charge in [-0.15, -0.1) is 0 Å². The summed E-state index contributed by atoms with van der Waals surface area (Å²) >= 11 is 3.01. The van der Waals surface area contributed by atoms with E-state index in [2.05, 4.69) is 25.1 Å². The summed E-state index contributed by atoms with van der Waals surface area (Å²) in [6.45, 7) is 0. The quantitative estimate of drug-likeness (QED) is 0.788. The summed E-state index contributed by atoms with van der Waals surface area (Å²) in [5.41, 5.74) is -0.157. The Labute approximate surface area is 89.4 Å². The highest BCUT2D eigenvalue weighted by Crippen LogP contribution is 2.14. The molecule has 0 saturated carbocycles. The second-order valence-electron chi connectivity index (χ2n) is 2.45. The molecule has 0 unspecified atom stereocenters. The van der Waals surface area contributed by atoms with Crippen molar-refractivity contribution in [3.63, 3.8) is 0 Å². The zero-order valence-electron chi connectivity index (χ0n) is 7.20. The molecule has 0 spiro atoms. The maximum Gasteiger partial charge on any atom is 0.272 e. The molecule has 0 aliphatic rings. The van der Waals surface area contributed by atoms with Gasteiger partial charge in [0, 0.05) is 10.7 Å². The summed E-state index contributed by atoms with van der Waals surface area (Å²) in [6, 6.07) is 1.15. The first-order valence-corrected chi connectivity index (χ1v) is 5.90. The van der Waals surface area contributed by atoms with Crippen molar-refractivity contribution in [3.05, 3.63) is 28.2 Å². The Morgan fingerprint density at radius 1 is 1.64 bits per heavy atom. The number of rotatable bonds is 3. The maximum absolute atomic E-state index is 13.1. The van der Waals surface area contributed by atoms with Crippen LogP contribution in [0.1, 0.15) is 5.69 Å². The van der Waals surface area contributed by atoms with Crippen molar-refractivity contribution < 1.29 is 17.0 Å². The van der Waals surface area contributed by atoms with Gasteiger partial charge in [-0.3, -0.25) is 9.17 Å². The molecule has 0 atom stereocenters. The zero-order valence-corrected chi connectivity index (χ0v) is 9.60. The molecule has 0 aliphatic heterocycles. The fourth-order valence-electron chi connectivity index (χ4n) is 0.775. The smallest absolute Gasteiger partial charge is 0.272 e. The van der Waals surface area contributed by atoms with Crippen LogP contribution in [-0.2, 0) is 20.1 Å². The number of nitrogens with zero attached hydrogens (tertiary/aromatic N) is 1. The van der Waals surface area contributed by atoms with Gasteiger partial charge in [-0.1, -0.05) is 0 Å². The first-order chi connectivity index (χ1) is 6.44. The highest BCUT2D eigenvalue weighted by Gasteiger charge is 2.15. The average Bonchev–Trinajstić information content (AvgIpc) is 2.10. The van der Waals surface area contributed by atoms with Gasteiger partial charge in [-0.25, -0.2) is 4.39 Å². The third-order valence-electron chi connectivity index (χ3n) is 1.45. The van der Waals surface area contributed by atoms with Crippen LogP contribution in [0.2, 0.25) is 0 Å². The second kappa shape index (κ2) is 4.33. The van der Waals surface area contributed by atoms with Gasteiger partial charge >= 0.3 is 0 Å². The van der Waals surface area contributed by atoms with Crippen LogP contribution in [0.25, 0.3) is 0 Å². The van der Waals surface area contributed by atoms with E-state index in [1.54, 1.807) is 0 Å². The molecule has 0 saturated heterocycles. The van der Waals surface area contributed by atoms with Crippen LogP contribution in [0.5, 0.6) is 0 Å². The standard InChI is InChI=1S/C7H7BrFNO3S/c1-13-14(11,12)4-7-6(9)2-5(8)3-10-7/h2-3H,4H2,1H3. The molecule has 78 valence electrons. The molecule has 1 heterocycles. The third kappa shape index (κ3) is 3.00. The second-order valence-corrected chi connectivity index (χ2v) is 5.10. The normalized spacial score (nSPS) is 11.6. The monoisotopic (exact) mass is 283 g/mol. The average molecular weight is 284 g/mol. The molecule has 7 heteroatoms. The first kappa shape index (κ1) is 11.5. The van der Waals surface area contributed by atoms with Crippen LogP contribution in [0.3, 0.4) is 0 Å². The molecule has 0 aliphatic carbocycles. The van der Waals surface area contributed by atoms with Gasteiger partial charge < -0.3 is 0 Å². The van der Waals surface area contributed by atoms with Gasteiger partial charge in [0.05, 0.1) is 12.8 Å². The van der Waals surface area contributed by atoms with Gasteiger partial charge in [0.15, 0.2) is 0 Å². The molecule has 14 heavy (non-hydrogen) atoms. The minimum absolute atomic E-state index is 0.157. The Morgan fingerprint density at radius 2 is 2.29 bits per heavy atom. The number of halogens is 2. The van der Waals surface area contributed by atoms with Crippen molar-refractivity contribution in [1.29, 1.82) is 0 Å². The lowest BCUT2D eigenvalue weighted by atomic mass is 10.4. The molecule has 1 aromatic rings. The van der Waals surface area contributed by atoms with Crippen LogP contribution in [0, 0.1) is 5.82 Å². The van der Waals surface area contributed by atoms with Crippen LogP contribution in [0.15, 0.2) is 16.7 Å². The first-order valence-electron chi connectivity index (χ1n) is 3.53. The predicted octanol–water partition coefficient (Wildman–Crippen LogP) is 1.46. The van der Waals surface area contributed by atoms with Crippen LogP contribution >= 0.6 is 15.9 Å². The van der Waals surface area contributed by atoms with Crippen LogP contribution in [0.4, 0.5) is 4.39 Å². The van der Waals surface area contributed by atoms with E-state index < -0.39 is 21.7 Å². The zero-order chi connectivity index (χ0) is 10.8. The summed E-state index contributed by atoms with van der Waals surface area (Å²) in [5, 5.41) is 0. The Bertz CT molecular complexity index is 435. The molecule has 4 nitrogen and oxygen atoms in total. The SMILES string of the molecule is COS(=O)(=O)Cc1ncc(Br)cc1F. The Balaban J connectivity index is 2.99. The van der Waals surface area contributed by atoms with E-state index in [0.717, 1.165) is 13.2 Å². The lowest BCUT2D eigenvalue weighted by Crippen LogP contribution is -2.08. The Hall–Kier alpha value is -0.530. The van der Waals surface area contributed by atoms with E-state index in [1.807, 2.05) is 0 Å². The van der Waals surface area contributed by atoms with Gasteiger partial charge in [0.25, 0.3) is 10.1 Å². The van der Waals surface area contributed by atoms with Crippen molar-refractivity contribution in [2.75, 3.05) is 7.11 Å². The summed E-state index contributed by atoms with van der Waals surface area (Å²) in [4.78, 5) is 3.63. The predicted molar refractivity (Wildman–Crippen MR) is 51.5 cm³/mol. The van der Waals surface area contributed by atoms with Gasteiger partial charge in [0.2, 0.25) is 0 Å². The number of aromatic nitrogens is 1. The van der Waals surface area contributed by atoms with Crippen molar-refractivity contribution in [1.82, 2.24) is 4.98 Å². The summed E-state index contributed by atoms with van der Waals surface area (Å²) in [7, 11) is -2.71. The number of hydrogen-bond donors (Lipinski definition) is 0. The van der Waals surface area contributed by atoms with Crippen molar-refractivity contribution in [2.45, 2.75) is 5.75 Å². The van der Waals surface area contributed by atoms with E-state index >= 15 is 0 Å². The molecule has 1 rings (SSSR count). The summed E-state index contributed by atoms with van der Waals surface area (Å²) < 4.78 is 39.7. The summed E-state index contributed by atoms with van der Waals surface area (Å²) in [5.74, 6) is -1.25. The van der Waals surface area contributed by atoms with E-state index in [0.29, 0.717) is 4.47 Å². The van der Waals surface area contributed by atoms with Crippen molar-refractivity contribution in [3.8, 4) is 0 Å². The van der Waals surface area contributed by atoms with Crippen molar-refractivity contribution in [2.24, 2.45) is 0 Å². The molecule has 0 radical (unpaired) electrons. The Morgan fingerprint density at radius 3 is 2.79 bits per heavy atom. The van der Waals surface area contributed by atoms with E-state index in [1.165, 1.54) is 6.20 Å². The molecule has 0 N–H and O–H groups in total. The molecular weight excluding hydrogens is 277 g/mol. The largest absolute Gasteiger partial charge is 0.273 e. The molecule has 0 bridgehead atoms.